The maximum Gasteiger partial charge on any atom is 0.255 e. The lowest BCUT2D eigenvalue weighted by Gasteiger charge is -2.36. The van der Waals surface area contributed by atoms with Crippen molar-refractivity contribution in [3.05, 3.63) is 82.0 Å². The molecule has 7 nitrogen and oxygen atoms in total. The predicted molar refractivity (Wildman–Crippen MR) is 146 cm³/mol. The molecular formula is C28H32N4O3S. The number of aliphatic imine (C=N–C) groups is 1. The molecule has 0 fully saturated rings. The second kappa shape index (κ2) is 11.0. The third-order valence-electron chi connectivity index (χ3n) is 6.23. The van der Waals surface area contributed by atoms with E-state index in [1.165, 1.54) is 17.3 Å². The maximum atomic E-state index is 13.7. The number of amides is 2. The van der Waals surface area contributed by atoms with Gasteiger partial charge in [-0.25, -0.2) is 4.99 Å². The lowest BCUT2D eigenvalue weighted by molar-refractivity contribution is -0.120. The van der Waals surface area contributed by atoms with E-state index in [0.29, 0.717) is 35.2 Å². The highest BCUT2D eigenvalue weighted by Gasteiger charge is 2.40. The third-order valence-corrected chi connectivity index (χ3v) is 7.12. The Morgan fingerprint density at radius 3 is 2.42 bits per heavy atom. The van der Waals surface area contributed by atoms with E-state index in [1.807, 2.05) is 36.3 Å². The molecule has 2 amide bonds. The number of methoxy groups -OCH3 is 1. The number of fused-ring (bicyclic) bond motifs is 1. The van der Waals surface area contributed by atoms with Crippen LogP contribution in [-0.4, -0.2) is 35.5 Å². The Morgan fingerprint density at radius 1 is 1.11 bits per heavy atom. The number of rotatable bonds is 8. The molecule has 0 spiro atoms. The normalized spacial score (nSPS) is 16.9. The first-order valence-electron chi connectivity index (χ1n) is 12.1. The van der Waals surface area contributed by atoms with Crippen molar-refractivity contribution < 1.29 is 14.3 Å². The topological polar surface area (TPSA) is 83.0 Å². The number of allylic oxidation sites excluding steroid dienone is 1. The Labute approximate surface area is 216 Å². The summed E-state index contributed by atoms with van der Waals surface area (Å²) in [7, 11) is 1.61. The van der Waals surface area contributed by atoms with Gasteiger partial charge in [-0.3, -0.25) is 9.59 Å². The van der Waals surface area contributed by atoms with Gasteiger partial charge < -0.3 is 20.3 Å². The molecule has 2 aromatic rings. The van der Waals surface area contributed by atoms with Gasteiger partial charge in [-0.1, -0.05) is 49.9 Å². The average Bonchev–Trinajstić information content (AvgIpc) is 3.25. The van der Waals surface area contributed by atoms with E-state index in [-0.39, 0.29) is 18.2 Å². The number of carbonyl (C=O) groups excluding carboxylic acids is 2. The highest BCUT2D eigenvalue weighted by Crippen LogP contribution is 2.45. The fraction of sp³-hybridized carbons (Fsp3) is 0.321. The zero-order valence-corrected chi connectivity index (χ0v) is 22.1. The van der Waals surface area contributed by atoms with Gasteiger partial charge in [-0.15, -0.1) is 0 Å². The van der Waals surface area contributed by atoms with Crippen molar-refractivity contribution in [2.24, 2.45) is 4.99 Å². The Kier molecular flexibility index (Phi) is 7.84. The number of ether oxygens (including phenoxy) is 1. The Bertz CT molecular complexity index is 1230. The van der Waals surface area contributed by atoms with Crippen LogP contribution < -0.4 is 15.4 Å². The summed E-state index contributed by atoms with van der Waals surface area (Å²) in [4.78, 5) is 33.0. The van der Waals surface area contributed by atoms with Crippen LogP contribution >= 0.6 is 11.8 Å². The molecule has 0 unspecified atom stereocenters. The SMILES string of the molecule is CCNC(=O)CC1=CSC2=NC(C)=C(C(=O)Nc3ccc(OC)cc3)[C@H](c3ccc(C(C)C)cc3)N12. The molecule has 0 bridgehead atoms. The van der Waals surface area contributed by atoms with Gasteiger partial charge >= 0.3 is 0 Å². The molecule has 0 aliphatic carbocycles. The molecule has 2 heterocycles. The highest BCUT2D eigenvalue weighted by atomic mass is 32.2. The van der Waals surface area contributed by atoms with Gasteiger partial charge in [0.05, 0.1) is 30.8 Å². The van der Waals surface area contributed by atoms with Gasteiger partial charge in [-0.05, 0) is 60.6 Å². The van der Waals surface area contributed by atoms with E-state index in [0.717, 1.165) is 16.4 Å². The molecule has 2 aliphatic heterocycles. The highest BCUT2D eigenvalue weighted by molar-refractivity contribution is 8.16. The fourth-order valence-electron chi connectivity index (χ4n) is 4.34. The van der Waals surface area contributed by atoms with Crippen molar-refractivity contribution >= 4 is 34.4 Å². The first kappa shape index (κ1) is 25.6. The van der Waals surface area contributed by atoms with Gasteiger partial charge in [0, 0.05) is 17.9 Å². The number of anilines is 1. The summed E-state index contributed by atoms with van der Waals surface area (Å²) < 4.78 is 5.23. The number of amidine groups is 1. The molecule has 0 saturated carbocycles. The predicted octanol–water partition coefficient (Wildman–Crippen LogP) is 5.56. The second-order valence-electron chi connectivity index (χ2n) is 9.03. The molecule has 0 radical (unpaired) electrons. The summed E-state index contributed by atoms with van der Waals surface area (Å²) in [6.07, 6.45) is 0.215. The molecule has 36 heavy (non-hydrogen) atoms. The second-order valence-corrected chi connectivity index (χ2v) is 9.86. The lowest BCUT2D eigenvalue weighted by atomic mass is 9.91. The van der Waals surface area contributed by atoms with E-state index < -0.39 is 6.04 Å². The van der Waals surface area contributed by atoms with Crippen LogP contribution in [0.1, 0.15) is 57.2 Å². The van der Waals surface area contributed by atoms with E-state index in [9.17, 15) is 9.59 Å². The minimum Gasteiger partial charge on any atom is -0.497 e. The van der Waals surface area contributed by atoms with Crippen LogP contribution in [0, 0.1) is 0 Å². The first-order valence-corrected chi connectivity index (χ1v) is 13.0. The molecule has 4 rings (SSSR count). The number of hydrogen-bond donors (Lipinski definition) is 2. The van der Waals surface area contributed by atoms with Gasteiger partial charge in [0.1, 0.15) is 5.75 Å². The number of nitrogens with zero attached hydrogens (tertiary/aromatic N) is 2. The molecule has 188 valence electrons. The summed E-state index contributed by atoms with van der Waals surface area (Å²) in [5.41, 5.74) is 4.89. The van der Waals surface area contributed by atoms with E-state index in [1.54, 1.807) is 19.2 Å². The van der Waals surface area contributed by atoms with Gasteiger partial charge in [-0.2, -0.15) is 0 Å². The Hall–Kier alpha value is -3.52. The molecule has 8 heteroatoms. The smallest absolute Gasteiger partial charge is 0.255 e. The molecule has 0 aromatic heterocycles. The van der Waals surface area contributed by atoms with Crippen molar-refractivity contribution in [2.45, 2.75) is 46.1 Å². The maximum absolute atomic E-state index is 13.7. The van der Waals surface area contributed by atoms with Gasteiger partial charge in [0.15, 0.2) is 5.17 Å². The molecule has 1 atom stereocenters. The van der Waals surface area contributed by atoms with E-state index in [4.69, 9.17) is 9.73 Å². The number of thioether (sulfide) groups is 1. The first-order chi connectivity index (χ1) is 17.3. The zero-order chi connectivity index (χ0) is 25.8. The van der Waals surface area contributed by atoms with Crippen LogP contribution in [0.5, 0.6) is 5.75 Å². The Morgan fingerprint density at radius 2 is 1.81 bits per heavy atom. The lowest BCUT2D eigenvalue weighted by Crippen LogP contribution is -2.38. The van der Waals surface area contributed by atoms with Crippen molar-refractivity contribution in [1.29, 1.82) is 0 Å². The number of nitrogens with one attached hydrogen (secondary N) is 2. The molecule has 0 saturated heterocycles. The molecule has 2 aliphatic rings. The van der Waals surface area contributed by atoms with Gasteiger partial charge in [0.2, 0.25) is 5.91 Å². The molecule has 2 aromatic carbocycles. The van der Waals surface area contributed by atoms with Crippen LogP contribution in [0.25, 0.3) is 0 Å². The molecule has 2 N–H and O–H groups in total. The fourth-order valence-corrected chi connectivity index (χ4v) is 5.30. The number of benzene rings is 2. The summed E-state index contributed by atoms with van der Waals surface area (Å²) in [5.74, 6) is 0.823. The van der Waals surface area contributed by atoms with Crippen LogP contribution in [0.4, 0.5) is 5.69 Å². The average molecular weight is 505 g/mol. The standard InChI is InChI=1S/C28H32N4O3S/c1-6-29-24(33)15-22-16-36-28-30-18(4)25(27(34)31-21-11-13-23(35-5)14-12-21)26(32(22)28)20-9-7-19(8-10-20)17(2)3/h7-14,16-17,26H,6,15H2,1-5H3,(H,29,33)(H,31,34)/t26-/m0/s1. The van der Waals surface area contributed by atoms with Crippen molar-refractivity contribution in [3.63, 3.8) is 0 Å². The third kappa shape index (κ3) is 5.33. The number of carbonyl (C=O) groups is 2. The van der Waals surface area contributed by atoms with E-state index in [2.05, 4.69) is 48.7 Å². The van der Waals surface area contributed by atoms with E-state index >= 15 is 0 Å². The largest absolute Gasteiger partial charge is 0.497 e. The summed E-state index contributed by atoms with van der Waals surface area (Å²) in [6, 6.07) is 15.2. The number of hydrogen-bond acceptors (Lipinski definition) is 6. The van der Waals surface area contributed by atoms with Gasteiger partial charge in [0.25, 0.3) is 5.91 Å². The van der Waals surface area contributed by atoms with Crippen molar-refractivity contribution in [3.8, 4) is 5.75 Å². The minimum atomic E-state index is -0.410. The van der Waals surface area contributed by atoms with Crippen molar-refractivity contribution in [1.82, 2.24) is 10.2 Å². The summed E-state index contributed by atoms with van der Waals surface area (Å²) in [6.45, 7) is 8.64. The van der Waals surface area contributed by atoms with Crippen LogP contribution in [0.3, 0.4) is 0 Å². The van der Waals surface area contributed by atoms with Crippen LogP contribution in [0.15, 0.2) is 75.9 Å². The monoisotopic (exact) mass is 504 g/mol. The summed E-state index contributed by atoms with van der Waals surface area (Å²) >= 11 is 1.48. The van der Waals surface area contributed by atoms with Crippen LogP contribution in [-0.2, 0) is 9.59 Å². The summed E-state index contributed by atoms with van der Waals surface area (Å²) in [5, 5.41) is 8.62. The van der Waals surface area contributed by atoms with Crippen molar-refractivity contribution in [2.75, 3.05) is 19.0 Å². The molecular weight excluding hydrogens is 472 g/mol. The van der Waals surface area contributed by atoms with Crippen LogP contribution in [0.2, 0.25) is 0 Å². The quantitative estimate of drug-likeness (QED) is 0.492. The zero-order valence-electron chi connectivity index (χ0n) is 21.3. The minimum absolute atomic E-state index is 0.0602. The Balaban J connectivity index is 1.73.